The van der Waals surface area contributed by atoms with Crippen LogP contribution in [-0.2, 0) is 14.8 Å². The highest BCUT2D eigenvalue weighted by Crippen LogP contribution is 2.33. The quantitative estimate of drug-likeness (QED) is 0.404. The number of nitrogens with one attached hydrogen (secondary N) is 3. The SMILES string of the molecule is CS(=O)(=O)Nc1ccc(F)cc1-c1ccc(N2CCC[C@@H](NC(=O)Nc3ccc(Cl)cc3)C2=O)c(F)c1. The molecule has 1 aliphatic rings. The number of hydrogen-bond donors (Lipinski definition) is 3. The fourth-order valence-corrected chi connectivity index (χ4v) is 4.75. The number of carbonyl (C=O) groups excluding carboxylic acids is 2. The summed E-state index contributed by atoms with van der Waals surface area (Å²) in [5, 5.41) is 5.75. The maximum absolute atomic E-state index is 15.2. The van der Waals surface area contributed by atoms with Gasteiger partial charge in [0.05, 0.1) is 17.6 Å². The van der Waals surface area contributed by atoms with Gasteiger partial charge in [0.2, 0.25) is 15.9 Å². The summed E-state index contributed by atoms with van der Waals surface area (Å²) in [7, 11) is -3.67. The first-order valence-corrected chi connectivity index (χ1v) is 13.5. The van der Waals surface area contributed by atoms with E-state index in [9.17, 15) is 22.4 Å². The van der Waals surface area contributed by atoms with Crippen LogP contribution in [0.25, 0.3) is 11.1 Å². The normalized spacial score (nSPS) is 15.8. The number of carbonyl (C=O) groups is 2. The van der Waals surface area contributed by atoms with Gasteiger partial charge in [0.1, 0.15) is 17.7 Å². The summed E-state index contributed by atoms with van der Waals surface area (Å²) in [6.45, 7) is 0.243. The van der Waals surface area contributed by atoms with E-state index in [1.807, 2.05) is 0 Å². The van der Waals surface area contributed by atoms with Crippen LogP contribution >= 0.6 is 11.6 Å². The lowest BCUT2D eigenvalue weighted by Crippen LogP contribution is -2.53. The molecule has 1 saturated heterocycles. The molecule has 194 valence electrons. The summed E-state index contributed by atoms with van der Waals surface area (Å²) in [6.07, 6.45) is 1.85. The second-order valence-corrected chi connectivity index (χ2v) is 10.7. The van der Waals surface area contributed by atoms with Crippen molar-refractivity contribution < 1.29 is 26.8 Å². The number of sulfonamides is 1. The molecule has 37 heavy (non-hydrogen) atoms. The number of urea groups is 1. The molecule has 0 radical (unpaired) electrons. The van der Waals surface area contributed by atoms with Crippen molar-refractivity contribution >= 4 is 50.6 Å². The fourth-order valence-electron chi connectivity index (χ4n) is 4.04. The average molecular weight is 549 g/mol. The number of nitrogens with zero attached hydrogens (tertiary/aromatic N) is 1. The largest absolute Gasteiger partial charge is 0.326 e. The van der Waals surface area contributed by atoms with E-state index in [2.05, 4.69) is 15.4 Å². The predicted octanol–water partition coefficient (Wildman–Crippen LogP) is 4.97. The molecule has 1 heterocycles. The van der Waals surface area contributed by atoms with Crippen molar-refractivity contribution in [2.24, 2.45) is 0 Å². The molecule has 1 aliphatic heterocycles. The van der Waals surface area contributed by atoms with Crippen LogP contribution in [0.1, 0.15) is 12.8 Å². The smallest absolute Gasteiger partial charge is 0.319 e. The highest BCUT2D eigenvalue weighted by molar-refractivity contribution is 7.92. The van der Waals surface area contributed by atoms with E-state index in [4.69, 9.17) is 11.6 Å². The van der Waals surface area contributed by atoms with Gasteiger partial charge < -0.3 is 15.5 Å². The molecule has 1 fully saturated rings. The summed E-state index contributed by atoms with van der Waals surface area (Å²) in [6, 6.07) is 12.4. The molecule has 0 aliphatic carbocycles. The Kier molecular flexibility index (Phi) is 7.65. The van der Waals surface area contributed by atoms with Gasteiger partial charge in [-0.15, -0.1) is 0 Å². The van der Waals surface area contributed by atoms with Gasteiger partial charge in [0.25, 0.3) is 0 Å². The molecule has 12 heteroatoms. The number of amides is 3. The first-order valence-electron chi connectivity index (χ1n) is 11.2. The Morgan fingerprint density at radius 3 is 2.46 bits per heavy atom. The molecule has 0 bridgehead atoms. The Bertz CT molecular complexity index is 1450. The molecular weight excluding hydrogens is 526 g/mol. The van der Waals surface area contributed by atoms with Gasteiger partial charge in [-0.3, -0.25) is 9.52 Å². The summed E-state index contributed by atoms with van der Waals surface area (Å²) < 4.78 is 54.8. The summed E-state index contributed by atoms with van der Waals surface area (Å²) in [4.78, 5) is 26.7. The number of halogens is 3. The third kappa shape index (κ3) is 6.55. The Balaban J connectivity index is 1.52. The van der Waals surface area contributed by atoms with E-state index < -0.39 is 39.6 Å². The van der Waals surface area contributed by atoms with Crippen molar-refractivity contribution in [2.75, 3.05) is 27.7 Å². The minimum absolute atomic E-state index is 0.00705. The average Bonchev–Trinajstić information content (AvgIpc) is 2.82. The molecule has 3 N–H and O–H groups in total. The minimum Gasteiger partial charge on any atom is -0.326 e. The number of piperidine rings is 1. The summed E-state index contributed by atoms with van der Waals surface area (Å²) >= 11 is 5.84. The Morgan fingerprint density at radius 1 is 1.05 bits per heavy atom. The van der Waals surface area contributed by atoms with Gasteiger partial charge >= 0.3 is 6.03 Å². The van der Waals surface area contributed by atoms with Crippen molar-refractivity contribution in [1.82, 2.24) is 5.32 Å². The van der Waals surface area contributed by atoms with Gasteiger partial charge in [-0.1, -0.05) is 17.7 Å². The lowest BCUT2D eigenvalue weighted by Gasteiger charge is -2.33. The topological polar surface area (TPSA) is 108 Å². The zero-order valence-electron chi connectivity index (χ0n) is 19.6. The zero-order valence-corrected chi connectivity index (χ0v) is 21.2. The fraction of sp³-hybridized carbons (Fsp3) is 0.200. The first kappa shape index (κ1) is 26.4. The Hall–Kier alpha value is -3.70. The second-order valence-electron chi connectivity index (χ2n) is 8.52. The lowest BCUT2D eigenvalue weighted by molar-refractivity contribution is -0.121. The molecule has 0 spiro atoms. The molecule has 4 rings (SSSR count). The zero-order chi connectivity index (χ0) is 26.7. The highest BCUT2D eigenvalue weighted by atomic mass is 35.5. The third-order valence-corrected chi connectivity index (χ3v) is 6.52. The lowest BCUT2D eigenvalue weighted by atomic mass is 10.0. The third-order valence-electron chi connectivity index (χ3n) is 5.67. The van der Waals surface area contributed by atoms with Crippen LogP contribution in [0.2, 0.25) is 5.02 Å². The van der Waals surface area contributed by atoms with Gasteiger partial charge in [-0.25, -0.2) is 22.0 Å². The van der Waals surface area contributed by atoms with E-state index in [1.165, 1.54) is 23.1 Å². The molecule has 8 nitrogen and oxygen atoms in total. The monoisotopic (exact) mass is 548 g/mol. The molecule has 0 unspecified atom stereocenters. The summed E-state index contributed by atoms with van der Waals surface area (Å²) in [5.41, 5.74) is 0.923. The number of rotatable bonds is 6. The van der Waals surface area contributed by atoms with Gasteiger partial charge in [0.15, 0.2) is 0 Å². The Labute approximate surface area is 217 Å². The molecular formula is C25H23ClF2N4O4S. The van der Waals surface area contributed by atoms with Crippen molar-refractivity contribution in [1.29, 1.82) is 0 Å². The van der Waals surface area contributed by atoms with E-state index in [0.29, 0.717) is 23.6 Å². The molecule has 3 amide bonds. The van der Waals surface area contributed by atoms with E-state index >= 15 is 4.39 Å². The molecule has 3 aromatic carbocycles. The van der Waals surface area contributed by atoms with Crippen LogP contribution in [0, 0.1) is 11.6 Å². The molecule has 0 aromatic heterocycles. The molecule has 3 aromatic rings. The van der Waals surface area contributed by atoms with Gasteiger partial charge in [-0.2, -0.15) is 0 Å². The van der Waals surface area contributed by atoms with Crippen molar-refractivity contribution in [3.05, 3.63) is 77.3 Å². The molecule has 1 atom stereocenters. The van der Waals surface area contributed by atoms with Crippen LogP contribution in [0.4, 0.5) is 30.6 Å². The number of anilines is 3. The molecule has 0 saturated carbocycles. The van der Waals surface area contributed by atoms with Crippen LogP contribution in [0.15, 0.2) is 60.7 Å². The Morgan fingerprint density at radius 2 is 1.78 bits per heavy atom. The van der Waals surface area contributed by atoms with Crippen molar-refractivity contribution in [3.63, 3.8) is 0 Å². The maximum Gasteiger partial charge on any atom is 0.319 e. The first-order chi connectivity index (χ1) is 17.5. The number of hydrogen-bond acceptors (Lipinski definition) is 4. The van der Waals surface area contributed by atoms with Crippen LogP contribution in [0.3, 0.4) is 0 Å². The van der Waals surface area contributed by atoms with E-state index in [1.54, 1.807) is 24.3 Å². The van der Waals surface area contributed by atoms with Gasteiger partial charge in [-0.05, 0) is 73.0 Å². The van der Waals surface area contributed by atoms with Crippen molar-refractivity contribution in [2.45, 2.75) is 18.9 Å². The summed E-state index contributed by atoms with van der Waals surface area (Å²) in [5.74, 6) is -1.86. The van der Waals surface area contributed by atoms with E-state index in [-0.39, 0.29) is 29.0 Å². The van der Waals surface area contributed by atoms with Gasteiger partial charge in [0, 0.05) is 22.8 Å². The maximum atomic E-state index is 15.2. The van der Waals surface area contributed by atoms with Crippen LogP contribution in [-0.4, -0.2) is 39.2 Å². The number of benzene rings is 3. The van der Waals surface area contributed by atoms with E-state index in [0.717, 1.165) is 24.5 Å². The van der Waals surface area contributed by atoms with Crippen molar-refractivity contribution in [3.8, 4) is 11.1 Å². The van der Waals surface area contributed by atoms with Crippen LogP contribution in [0.5, 0.6) is 0 Å². The standard InChI is InChI=1S/C25H23ClF2N4O4S/c1-37(35,36)31-21-10-7-17(27)14-19(21)15-4-11-23(20(28)13-15)32-12-2-3-22(24(32)33)30-25(34)29-18-8-5-16(26)6-9-18/h4-11,13-14,22,31H,2-3,12H2,1H3,(H2,29,30,34)/t22-/m1/s1. The second kappa shape index (κ2) is 10.7. The highest BCUT2D eigenvalue weighted by Gasteiger charge is 2.32. The minimum atomic E-state index is -3.67. The van der Waals surface area contributed by atoms with Crippen LogP contribution < -0.4 is 20.3 Å². The predicted molar refractivity (Wildman–Crippen MR) is 139 cm³/mol.